The molecule has 1 aliphatic heterocycles. The monoisotopic (exact) mass is 276 g/mol. The maximum absolute atomic E-state index is 12.4. The predicted molar refractivity (Wildman–Crippen MR) is 70.9 cm³/mol. The standard InChI is InChI=1S/C14H16N2O4/c1-15-9-11(17)16(2)14(12(15)18,13(19)20)8-10-6-4-3-5-7-10/h3-7H,8-9H2,1-2H3,(H,19,20). The SMILES string of the molecule is CN1CC(=O)N(C)C(Cc2ccccc2)(C(=O)O)C1=O. The van der Waals surface area contributed by atoms with Crippen molar-refractivity contribution in [2.75, 3.05) is 20.6 Å². The Morgan fingerprint density at radius 3 is 2.40 bits per heavy atom. The summed E-state index contributed by atoms with van der Waals surface area (Å²) in [6, 6.07) is 8.82. The van der Waals surface area contributed by atoms with Gasteiger partial charge in [0, 0.05) is 20.5 Å². The lowest BCUT2D eigenvalue weighted by Gasteiger charge is -2.43. The third-order valence-corrected chi connectivity index (χ3v) is 3.68. The van der Waals surface area contributed by atoms with Crippen molar-refractivity contribution in [2.45, 2.75) is 12.0 Å². The molecule has 1 N–H and O–H groups in total. The molecule has 6 heteroatoms. The number of carbonyl (C=O) groups excluding carboxylic acids is 2. The molecule has 2 amide bonds. The molecule has 20 heavy (non-hydrogen) atoms. The number of carboxylic acid groups (broad SMARTS) is 1. The summed E-state index contributed by atoms with van der Waals surface area (Å²) >= 11 is 0. The number of hydrogen-bond acceptors (Lipinski definition) is 3. The number of piperazine rings is 1. The largest absolute Gasteiger partial charge is 0.479 e. The molecule has 1 unspecified atom stereocenters. The van der Waals surface area contributed by atoms with Crippen LogP contribution >= 0.6 is 0 Å². The second kappa shape index (κ2) is 4.96. The minimum Gasteiger partial charge on any atom is -0.479 e. The molecule has 1 aromatic rings. The zero-order chi connectivity index (χ0) is 14.9. The van der Waals surface area contributed by atoms with Crippen molar-refractivity contribution >= 4 is 17.8 Å². The van der Waals surface area contributed by atoms with Gasteiger partial charge in [0.1, 0.15) is 0 Å². The lowest BCUT2D eigenvalue weighted by atomic mass is 9.86. The van der Waals surface area contributed by atoms with Gasteiger partial charge in [-0.3, -0.25) is 9.59 Å². The van der Waals surface area contributed by atoms with E-state index >= 15 is 0 Å². The highest BCUT2D eigenvalue weighted by Gasteiger charge is 2.56. The lowest BCUT2D eigenvalue weighted by molar-refractivity contribution is -0.174. The Balaban J connectivity index is 2.49. The third kappa shape index (κ3) is 2.03. The zero-order valence-corrected chi connectivity index (χ0v) is 11.4. The Labute approximate surface area is 116 Å². The smallest absolute Gasteiger partial charge is 0.339 e. The average molecular weight is 276 g/mol. The molecule has 0 aliphatic carbocycles. The molecule has 1 aliphatic rings. The maximum Gasteiger partial charge on any atom is 0.339 e. The van der Waals surface area contributed by atoms with E-state index < -0.39 is 17.4 Å². The first kappa shape index (κ1) is 14.0. The van der Waals surface area contributed by atoms with Crippen LogP contribution in [0.2, 0.25) is 0 Å². The van der Waals surface area contributed by atoms with E-state index in [1.165, 1.54) is 19.0 Å². The van der Waals surface area contributed by atoms with Crippen LogP contribution in [0, 0.1) is 0 Å². The van der Waals surface area contributed by atoms with Crippen molar-refractivity contribution in [1.29, 1.82) is 0 Å². The summed E-state index contributed by atoms with van der Waals surface area (Å²) in [6.45, 7) is -0.0981. The fourth-order valence-corrected chi connectivity index (χ4v) is 2.45. The molecule has 1 atom stereocenters. The van der Waals surface area contributed by atoms with Crippen molar-refractivity contribution in [1.82, 2.24) is 9.80 Å². The number of carbonyl (C=O) groups is 3. The van der Waals surface area contributed by atoms with Crippen LogP contribution in [-0.2, 0) is 20.8 Å². The van der Waals surface area contributed by atoms with Gasteiger partial charge in [0.15, 0.2) is 0 Å². The van der Waals surface area contributed by atoms with Crippen LogP contribution in [-0.4, -0.2) is 58.9 Å². The molecule has 6 nitrogen and oxygen atoms in total. The molecule has 0 radical (unpaired) electrons. The molecule has 2 rings (SSSR count). The summed E-state index contributed by atoms with van der Waals surface area (Å²) in [5, 5.41) is 9.59. The van der Waals surface area contributed by atoms with E-state index in [4.69, 9.17) is 0 Å². The van der Waals surface area contributed by atoms with Crippen molar-refractivity contribution in [2.24, 2.45) is 0 Å². The quantitative estimate of drug-likeness (QED) is 0.787. The second-order valence-electron chi connectivity index (χ2n) is 4.94. The number of amides is 2. The molecule has 1 aromatic carbocycles. The van der Waals surface area contributed by atoms with Gasteiger partial charge in [0.2, 0.25) is 11.4 Å². The molecule has 0 aromatic heterocycles. The van der Waals surface area contributed by atoms with Crippen molar-refractivity contribution in [3.05, 3.63) is 35.9 Å². The summed E-state index contributed by atoms with van der Waals surface area (Å²) < 4.78 is 0. The van der Waals surface area contributed by atoms with Crippen molar-refractivity contribution < 1.29 is 19.5 Å². The van der Waals surface area contributed by atoms with Gasteiger partial charge in [-0.05, 0) is 5.56 Å². The van der Waals surface area contributed by atoms with Gasteiger partial charge < -0.3 is 14.9 Å². The van der Waals surface area contributed by atoms with Gasteiger partial charge in [0.05, 0.1) is 6.54 Å². The first-order chi connectivity index (χ1) is 9.39. The summed E-state index contributed by atoms with van der Waals surface area (Å²) in [5.74, 6) is -2.27. The van der Waals surface area contributed by atoms with E-state index in [0.29, 0.717) is 5.56 Å². The number of aliphatic carboxylic acids is 1. The molecule has 0 spiro atoms. The highest BCUT2D eigenvalue weighted by molar-refractivity contribution is 6.12. The summed E-state index contributed by atoms with van der Waals surface area (Å²) in [5.41, 5.74) is -1.18. The summed E-state index contributed by atoms with van der Waals surface area (Å²) in [6.07, 6.45) is -0.0470. The lowest BCUT2D eigenvalue weighted by Crippen LogP contribution is -2.70. The van der Waals surface area contributed by atoms with Crippen LogP contribution in [0.3, 0.4) is 0 Å². The normalized spacial score (nSPS) is 23.1. The van der Waals surface area contributed by atoms with Crippen LogP contribution in [0.25, 0.3) is 0 Å². The van der Waals surface area contributed by atoms with Gasteiger partial charge in [-0.15, -0.1) is 0 Å². The highest BCUT2D eigenvalue weighted by Crippen LogP contribution is 2.27. The fourth-order valence-electron chi connectivity index (χ4n) is 2.45. The summed E-state index contributed by atoms with van der Waals surface area (Å²) in [4.78, 5) is 38.3. The van der Waals surface area contributed by atoms with Crippen LogP contribution in [0.15, 0.2) is 30.3 Å². The van der Waals surface area contributed by atoms with E-state index in [2.05, 4.69) is 0 Å². The number of rotatable bonds is 3. The molecule has 0 saturated carbocycles. The van der Waals surface area contributed by atoms with Gasteiger partial charge >= 0.3 is 5.97 Å². The Morgan fingerprint density at radius 2 is 1.85 bits per heavy atom. The van der Waals surface area contributed by atoms with Crippen LogP contribution in [0.4, 0.5) is 0 Å². The third-order valence-electron chi connectivity index (χ3n) is 3.68. The van der Waals surface area contributed by atoms with E-state index in [1.54, 1.807) is 30.3 Å². The van der Waals surface area contributed by atoms with Crippen LogP contribution in [0.1, 0.15) is 5.56 Å². The number of nitrogens with zero attached hydrogens (tertiary/aromatic N) is 2. The molecule has 1 fully saturated rings. The number of hydrogen-bond donors (Lipinski definition) is 1. The van der Waals surface area contributed by atoms with Crippen molar-refractivity contribution in [3.63, 3.8) is 0 Å². The molecule has 1 saturated heterocycles. The van der Waals surface area contributed by atoms with Crippen LogP contribution in [0.5, 0.6) is 0 Å². The topological polar surface area (TPSA) is 77.9 Å². The second-order valence-corrected chi connectivity index (χ2v) is 4.94. The maximum atomic E-state index is 12.4. The minimum absolute atomic E-state index is 0.0470. The highest BCUT2D eigenvalue weighted by atomic mass is 16.4. The molecular formula is C14H16N2O4. The predicted octanol–water partition coefficient (Wildman–Crippen LogP) is -0.0171. The van der Waals surface area contributed by atoms with E-state index in [-0.39, 0.29) is 18.9 Å². The minimum atomic E-state index is -1.87. The fraction of sp³-hybridized carbons (Fsp3) is 0.357. The molecule has 106 valence electrons. The first-order valence-corrected chi connectivity index (χ1v) is 6.19. The van der Waals surface area contributed by atoms with Gasteiger partial charge in [-0.25, -0.2) is 4.79 Å². The van der Waals surface area contributed by atoms with Gasteiger partial charge in [-0.2, -0.15) is 0 Å². The zero-order valence-electron chi connectivity index (χ0n) is 11.4. The number of carboxylic acids is 1. The Kier molecular flexibility index (Phi) is 3.48. The number of benzene rings is 1. The number of likely N-dealkylation sites (N-methyl/N-ethyl adjacent to an activating group) is 2. The first-order valence-electron chi connectivity index (χ1n) is 6.19. The van der Waals surface area contributed by atoms with Crippen molar-refractivity contribution in [3.8, 4) is 0 Å². The Morgan fingerprint density at radius 1 is 1.25 bits per heavy atom. The van der Waals surface area contributed by atoms with E-state index in [0.717, 1.165) is 4.90 Å². The molecule has 1 heterocycles. The van der Waals surface area contributed by atoms with Gasteiger partial charge in [-0.1, -0.05) is 30.3 Å². The molecule has 0 bridgehead atoms. The van der Waals surface area contributed by atoms with Gasteiger partial charge in [0.25, 0.3) is 5.91 Å². The summed E-state index contributed by atoms with van der Waals surface area (Å²) in [7, 11) is 2.81. The Bertz CT molecular complexity index is 558. The van der Waals surface area contributed by atoms with Crippen LogP contribution < -0.4 is 0 Å². The Hall–Kier alpha value is -2.37. The van der Waals surface area contributed by atoms with E-state index in [9.17, 15) is 19.5 Å². The average Bonchev–Trinajstić information content (AvgIpc) is 2.42. The molecular weight excluding hydrogens is 260 g/mol. The van der Waals surface area contributed by atoms with E-state index in [1.807, 2.05) is 0 Å².